The Balaban J connectivity index is 1.38. The van der Waals surface area contributed by atoms with Gasteiger partial charge in [0.05, 0.1) is 17.2 Å². The van der Waals surface area contributed by atoms with E-state index in [1.807, 2.05) is 60.8 Å². The largest absolute Gasteiger partial charge is 0.303 e. The lowest BCUT2D eigenvalue weighted by molar-refractivity contribution is -0.118. The first-order valence-electron chi connectivity index (χ1n) is 10.9. The fraction of sp³-hybridized carbons (Fsp3) is 0.0769. The number of halogens is 3. The lowest BCUT2D eigenvalue weighted by Crippen LogP contribution is -2.26. The van der Waals surface area contributed by atoms with Crippen LogP contribution >= 0.6 is 46.6 Å². The summed E-state index contributed by atoms with van der Waals surface area (Å²) in [5, 5.41) is 17.8. The summed E-state index contributed by atoms with van der Waals surface area (Å²) < 4.78 is 1.79. The first-order valence-corrected chi connectivity index (χ1v) is 12.9. The van der Waals surface area contributed by atoms with Gasteiger partial charge in [-0.25, -0.2) is 4.68 Å². The molecule has 5 rings (SSSR count). The van der Waals surface area contributed by atoms with Crippen molar-refractivity contribution in [2.24, 2.45) is 10.2 Å². The fourth-order valence-corrected chi connectivity index (χ4v) is 5.12. The first kappa shape index (κ1) is 24.6. The molecular weight excluding hydrogens is 537 g/mol. The molecule has 1 aliphatic heterocycles. The summed E-state index contributed by atoms with van der Waals surface area (Å²) in [4.78, 5) is 12.5. The molecule has 6 nitrogen and oxygen atoms in total. The zero-order valence-corrected chi connectivity index (χ0v) is 21.7. The van der Waals surface area contributed by atoms with Crippen molar-refractivity contribution in [1.82, 2.24) is 15.1 Å². The molecule has 4 aromatic rings. The maximum Gasteiger partial charge on any atom is 0.239 e. The van der Waals surface area contributed by atoms with Gasteiger partial charge < -0.3 is 5.32 Å². The van der Waals surface area contributed by atoms with Gasteiger partial charge in [-0.3, -0.25) is 4.79 Å². The van der Waals surface area contributed by atoms with E-state index in [0.29, 0.717) is 26.7 Å². The highest BCUT2D eigenvalue weighted by Gasteiger charge is 2.31. The molecule has 1 N–H and O–H groups in total. The van der Waals surface area contributed by atoms with Gasteiger partial charge in [0.2, 0.25) is 5.91 Å². The Bertz CT molecular complexity index is 1470. The normalized spacial score (nSPS) is 16.7. The number of thioether (sulfide) groups is 1. The third-order valence-corrected chi connectivity index (χ3v) is 7.34. The van der Waals surface area contributed by atoms with Gasteiger partial charge in [0, 0.05) is 32.4 Å². The van der Waals surface area contributed by atoms with E-state index < -0.39 is 0 Å². The highest BCUT2D eigenvalue weighted by Crippen LogP contribution is 2.29. The van der Waals surface area contributed by atoms with Crippen LogP contribution in [0.15, 0.2) is 89.2 Å². The van der Waals surface area contributed by atoms with Gasteiger partial charge in [-0.15, -0.1) is 5.10 Å². The number of carbonyl (C=O) groups excluding carboxylic acids is 1. The number of nitrogens with one attached hydrogen (secondary N) is 1. The van der Waals surface area contributed by atoms with Crippen molar-refractivity contribution in [3.05, 3.63) is 105 Å². The summed E-state index contributed by atoms with van der Waals surface area (Å²) in [7, 11) is 0. The van der Waals surface area contributed by atoms with E-state index in [1.54, 1.807) is 29.1 Å². The molecule has 1 aliphatic rings. The predicted molar refractivity (Wildman–Crippen MR) is 149 cm³/mol. The van der Waals surface area contributed by atoms with Crippen molar-refractivity contribution >= 4 is 63.9 Å². The molecule has 0 spiro atoms. The average molecular weight is 555 g/mol. The quantitative estimate of drug-likeness (QED) is 0.214. The van der Waals surface area contributed by atoms with Crippen molar-refractivity contribution in [2.75, 3.05) is 0 Å². The number of benzene rings is 3. The van der Waals surface area contributed by atoms with Crippen LogP contribution < -0.4 is 5.32 Å². The van der Waals surface area contributed by atoms with Gasteiger partial charge in [0.25, 0.3) is 0 Å². The Morgan fingerprint density at radius 2 is 1.75 bits per heavy atom. The average Bonchev–Trinajstić information content (AvgIpc) is 3.46. The van der Waals surface area contributed by atoms with Crippen LogP contribution in [0.2, 0.25) is 15.1 Å². The molecule has 1 aromatic heterocycles. The third kappa shape index (κ3) is 5.65. The Kier molecular flexibility index (Phi) is 7.43. The smallest absolute Gasteiger partial charge is 0.239 e. The highest BCUT2D eigenvalue weighted by atomic mass is 35.5. The van der Waals surface area contributed by atoms with E-state index in [2.05, 4.69) is 15.5 Å². The van der Waals surface area contributed by atoms with E-state index in [4.69, 9.17) is 39.9 Å². The molecule has 0 bridgehead atoms. The molecule has 1 atom stereocenters. The molecule has 36 heavy (non-hydrogen) atoms. The Labute approximate surface area is 227 Å². The molecule has 0 saturated carbocycles. The number of aromatic nitrogens is 2. The lowest BCUT2D eigenvalue weighted by Gasteiger charge is -2.07. The second-order valence-electron chi connectivity index (χ2n) is 7.91. The summed E-state index contributed by atoms with van der Waals surface area (Å²) in [6.07, 6.45) is 3.94. The summed E-state index contributed by atoms with van der Waals surface area (Å²) >= 11 is 19.7. The number of carbonyl (C=O) groups is 1. The van der Waals surface area contributed by atoms with Crippen LogP contribution in [0.3, 0.4) is 0 Å². The van der Waals surface area contributed by atoms with Crippen LogP contribution in [0.25, 0.3) is 16.9 Å². The SMILES string of the molecule is O=C1NC(=NN=Cc2cn(-c3ccccc3)nc2-c2ccc(Cl)cc2)SC1Cc1cc(Cl)ccc1Cl. The molecule has 1 amide bonds. The predicted octanol–water partition coefficient (Wildman–Crippen LogP) is 6.66. The summed E-state index contributed by atoms with van der Waals surface area (Å²) in [6.45, 7) is 0. The van der Waals surface area contributed by atoms with Crippen molar-refractivity contribution in [1.29, 1.82) is 0 Å². The second-order valence-corrected chi connectivity index (χ2v) is 10.4. The van der Waals surface area contributed by atoms with Crippen molar-refractivity contribution < 1.29 is 4.79 Å². The Hall–Kier alpha value is -3.10. The molecule has 0 radical (unpaired) electrons. The minimum absolute atomic E-state index is 0.149. The van der Waals surface area contributed by atoms with E-state index in [9.17, 15) is 4.79 Å². The maximum atomic E-state index is 12.5. The maximum absolute atomic E-state index is 12.5. The molecule has 1 unspecified atom stereocenters. The van der Waals surface area contributed by atoms with Crippen LogP contribution in [-0.2, 0) is 11.2 Å². The minimum atomic E-state index is -0.375. The van der Waals surface area contributed by atoms with E-state index >= 15 is 0 Å². The van der Waals surface area contributed by atoms with Crippen molar-refractivity contribution in [3.63, 3.8) is 0 Å². The summed E-state index contributed by atoms with van der Waals surface area (Å²) in [5.41, 5.74) is 4.12. The zero-order valence-electron chi connectivity index (χ0n) is 18.6. The third-order valence-electron chi connectivity index (χ3n) is 5.42. The molecule has 180 valence electrons. The standard InChI is InChI=1S/C26H18Cl3N5OS/c27-19-8-6-16(7-9-19)24-18(15-34(33-24)21-4-2-1-3-5-21)14-30-32-26-31-25(35)23(36-26)13-17-12-20(28)10-11-22(17)29/h1-12,14-15,23H,13H2,(H,31,32,35). The molecule has 1 saturated heterocycles. The van der Waals surface area contributed by atoms with Crippen molar-refractivity contribution in [2.45, 2.75) is 11.7 Å². The Morgan fingerprint density at radius 1 is 1.00 bits per heavy atom. The summed E-state index contributed by atoms with van der Waals surface area (Å²) in [6, 6.07) is 22.4. The molecule has 10 heteroatoms. The zero-order chi connectivity index (χ0) is 25.1. The van der Waals surface area contributed by atoms with Crippen LogP contribution in [0, 0.1) is 0 Å². The number of hydrogen-bond donors (Lipinski definition) is 1. The molecule has 2 heterocycles. The number of rotatable bonds is 6. The highest BCUT2D eigenvalue weighted by molar-refractivity contribution is 8.15. The molecule has 1 fully saturated rings. The number of para-hydroxylation sites is 1. The number of hydrogen-bond acceptors (Lipinski definition) is 5. The van der Waals surface area contributed by atoms with Crippen LogP contribution in [0.5, 0.6) is 0 Å². The van der Waals surface area contributed by atoms with Gasteiger partial charge in [-0.2, -0.15) is 10.2 Å². The van der Waals surface area contributed by atoms with Gasteiger partial charge >= 0.3 is 0 Å². The fourth-order valence-electron chi connectivity index (χ4n) is 3.66. The number of amidine groups is 1. The number of nitrogens with zero attached hydrogens (tertiary/aromatic N) is 4. The molecule has 0 aliphatic carbocycles. The van der Waals surface area contributed by atoms with Gasteiger partial charge in [-0.05, 0) is 54.4 Å². The van der Waals surface area contributed by atoms with E-state index in [1.165, 1.54) is 11.8 Å². The van der Waals surface area contributed by atoms with Gasteiger partial charge in [0.15, 0.2) is 5.17 Å². The Morgan fingerprint density at radius 3 is 2.53 bits per heavy atom. The first-order chi connectivity index (χ1) is 17.5. The topological polar surface area (TPSA) is 71.6 Å². The van der Waals surface area contributed by atoms with Crippen LogP contribution in [0.4, 0.5) is 0 Å². The minimum Gasteiger partial charge on any atom is -0.303 e. The second kappa shape index (κ2) is 10.9. The van der Waals surface area contributed by atoms with Crippen molar-refractivity contribution in [3.8, 4) is 16.9 Å². The van der Waals surface area contributed by atoms with Gasteiger partial charge in [-0.1, -0.05) is 76.9 Å². The molecule has 3 aromatic carbocycles. The van der Waals surface area contributed by atoms with Gasteiger partial charge in [0.1, 0.15) is 5.69 Å². The monoisotopic (exact) mass is 553 g/mol. The molecular formula is C26H18Cl3N5OS. The van der Waals surface area contributed by atoms with E-state index in [-0.39, 0.29) is 11.2 Å². The van der Waals surface area contributed by atoms with E-state index in [0.717, 1.165) is 28.1 Å². The van der Waals surface area contributed by atoms with Crippen LogP contribution in [-0.4, -0.2) is 32.3 Å². The summed E-state index contributed by atoms with van der Waals surface area (Å²) in [5.74, 6) is -0.149. The lowest BCUT2D eigenvalue weighted by atomic mass is 10.1. The van der Waals surface area contributed by atoms with Crippen LogP contribution in [0.1, 0.15) is 11.1 Å². The number of amides is 1.